The molecule has 1 nitrogen and oxygen atoms in total. The molecule has 15 heavy (non-hydrogen) atoms. The van der Waals surface area contributed by atoms with E-state index in [9.17, 15) is 0 Å². The Labute approximate surface area is 91.4 Å². The molecule has 0 saturated carbocycles. The zero-order valence-corrected chi connectivity index (χ0v) is 9.13. The average molecular weight is 199 g/mol. The van der Waals surface area contributed by atoms with Gasteiger partial charge < -0.3 is 0 Å². The Hall–Kier alpha value is -1.08. The van der Waals surface area contributed by atoms with E-state index < -0.39 is 0 Å². The number of hydrogen-bond acceptors (Lipinski definition) is 1. The monoisotopic (exact) mass is 199 g/mol. The summed E-state index contributed by atoms with van der Waals surface area (Å²) in [6, 6.07) is 12.2. The standard InChI is InChI=1S/C14H17N/c1-11-13-7-8-14(9-13)15(11)10-12-5-3-2-4-6-12/h2-8,11,13-14H,9-10H2,1H3/t11?,13?,14-/m1/s1. The Morgan fingerprint density at radius 2 is 2.00 bits per heavy atom. The van der Waals surface area contributed by atoms with E-state index in [1.165, 1.54) is 12.0 Å². The molecule has 2 aliphatic rings. The van der Waals surface area contributed by atoms with Crippen molar-refractivity contribution in [2.75, 3.05) is 0 Å². The molecule has 0 spiro atoms. The lowest BCUT2D eigenvalue weighted by atomic mass is 10.0. The third-order valence-corrected chi connectivity index (χ3v) is 3.87. The molecule has 1 saturated heterocycles. The average Bonchev–Trinajstić information content (AvgIpc) is 2.84. The molecule has 1 aliphatic carbocycles. The van der Waals surface area contributed by atoms with E-state index in [0.717, 1.165) is 18.5 Å². The van der Waals surface area contributed by atoms with Crippen molar-refractivity contribution in [3.05, 3.63) is 48.0 Å². The van der Waals surface area contributed by atoms with Crippen LogP contribution in [-0.4, -0.2) is 17.0 Å². The Morgan fingerprint density at radius 3 is 2.67 bits per heavy atom. The topological polar surface area (TPSA) is 3.24 Å². The van der Waals surface area contributed by atoms with E-state index in [1.807, 2.05) is 0 Å². The zero-order valence-electron chi connectivity index (χ0n) is 9.13. The van der Waals surface area contributed by atoms with Crippen LogP contribution >= 0.6 is 0 Å². The lowest BCUT2D eigenvalue weighted by Gasteiger charge is -2.29. The quantitative estimate of drug-likeness (QED) is 0.662. The van der Waals surface area contributed by atoms with Crippen LogP contribution in [0.4, 0.5) is 0 Å². The van der Waals surface area contributed by atoms with E-state index in [-0.39, 0.29) is 0 Å². The fourth-order valence-electron chi connectivity index (χ4n) is 2.91. The summed E-state index contributed by atoms with van der Waals surface area (Å²) >= 11 is 0. The summed E-state index contributed by atoms with van der Waals surface area (Å²) in [5.41, 5.74) is 1.44. The Balaban J connectivity index is 1.77. The van der Waals surface area contributed by atoms with Crippen LogP contribution in [0.3, 0.4) is 0 Å². The highest BCUT2D eigenvalue weighted by molar-refractivity contribution is 5.20. The van der Waals surface area contributed by atoms with Crippen molar-refractivity contribution in [2.45, 2.75) is 32.0 Å². The van der Waals surface area contributed by atoms with Crippen LogP contribution in [0.15, 0.2) is 42.5 Å². The Kier molecular flexibility index (Phi) is 2.14. The summed E-state index contributed by atoms with van der Waals surface area (Å²) in [6.07, 6.45) is 6.12. The van der Waals surface area contributed by atoms with Gasteiger partial charge in [0.15, 0.2) is 0 Å². The molecular weight excluding hydrogens is 182 g/mol. The summed E-state index contributed by atoms with van der Waals surface area (Å²) in [5.74, 6) is 0.804. The van der Waals surface area contributed by atoms with Gasteiger partial charge in [-0.1, -0.05) is 42.5 Å². The van der Waals surface area contributed by atoms with Crippen molar-refractivity contribution in [1.29, 1.82) is 0 Å². The molecule has 1 aliphatic heterocycles. The summed E-state index contributed by atoms with van der Waals surface area (Å²) < 4.78 is 0. The Bertz CT molecular complexity index is 368. The van der Waals surface area contributed by atoms with Gasteiger partial charge >= 0.3 is 0 Å². The molecule has 1 aromatic carbocycles. The minimum atomic E-state index is 0.699. The van der Waals surface area contributed by atoms with Gasteiger partial charge in [-0.25, -0.2) is 0 Å². The maximum absolute atomic E-state index is 2.62. The normalized spacial score (nSPS) is 33.8. The summed E-state index contributed by atoms with van der Waals surface area (Å²) in [4.78, 5) is 2.62. The fraction of sp³-hybridized carbons (Fsp3) is 0.429. The van der Waals surface area contributed by atoms with E-state index >= 15 is 0 Å². The third kappa shape index (κ3) is 1.51. The predicted octanol–water partition coefficient (Wildman–Crippen LogP) is 2.84. The van der Waals surface area contributed by atoms with Gasteiger partial charge in [-0.3, -0.25) is 4.90 Å². The molecule has 1 heterocycles. The lowest BCUT2D eigenvalue weighted by molar-refractivity contribution is 0.204. The Morgan fingerprint density at radius 1 is 1.20 bits per heavy atom. The van der Waals surface area contributed by atoms with Crippen molar-refractivity contribution >= 4 is 0 Å². The van der Waals surface area contributed by atoms with Gasteiger partial charge in [-0.05, 0) is 24.8 Å². The first kappa shape index (κ1) is 9.17. The molecule has 3 rings (SSSR count). The third-order valence-electron chi connectivity index (χ3n) is 3.87. The molecule has 2 unspecified atom stereocenters. The maximum Gasteiger partial charge on any atom is 0.0291 e. The van der Waals surface area contributed by atoms with Crippen molar-refractivity contribution in [3.8, 4) is 0 Å². The highest BCUT2D eigenvalue weighted by Crippen LogP contribution is 2.37. The van der Waals surface area contributed by atoms with Gasteiger partial charge in [0, 0.05) is 18.6 Å². The molecule has 1 fully saturated rings. The van der Waals surface area contributed by atoms with E-state index in [4.69, 9.17) is 0 Å². The SMILES string of the molecule is CC1C2C=C[C@H](C2)N1Cc1ccccc1. The summed E-state index contributed by atoms with van der Waals surface area (Å²) in [5, 5.41) is 0. The molecular formula is C14H17N. The molecule has 0 amide bonds. The number of likely N-dealkylation sites (tertiary alicyclic amines) is 1. The van der Waals surface area contributed by atoms with Gasteiger partial charge in [-0.15, -0.1) is 0 Å². The molecule has 0 radical (unpaired) electrons. The van der Waals surface area contributed by atoms with Crippen molar-refractivity contribution in [1.82, 2.24) is 4.90 Å². The van der Waals surface area contributed by atoms with Crippen LogP contribution in [0, 0.1) is 5.92 Å². The van der Waals surface area contributed by atoms with E-state index in [2.05, 4.69) is 54.3 Å². The smallest absolute Gasteiger partial charge is 0.0291 e. The van der Waals surface area contributed by atoms with Gasteiger partial charge in [0.1, 0.15) is 0 Å². The molecule has 78 valence electrons. The lowest BCUT2D eigenvalue weighted by Crippen LogP contribution is -2.36. The van der Waals surface area contributed by atoms with Gasteiger partial charge in [0.05, 0.1) is 0 Å². The van der Waals surface area contributed by atoms with Gasteiger partial charge in [0.2, 0.25) is 0 Å². The second kappa shape index (κ2) is 3.49. The number of fused-ring (bicyclic) bond motifs is 2. The first-order valence-electron chi connectivity index (χ1n) is 5.82. The van der Waals surface area contributed by atoms with Crippen LogP contribution in [0.5, 0.6) is 0 Å². The van der Waals surface area contributed by atoms with E-state index in [1.54, 1.807) is 0 Å². The molecule has 0 N–H and O–H groups in total. The summed E-state index contributed by atoms with van der Waals surface area (Å²) in [7, 11) is 0. The van der Waals surface area contributed by atoms with Crippen molar-refractivity contribution < 1.29 is 0 Å². The largest absolute Gasteiger partial charge is 0.289 e. The van der Waals surface area contributed by atoms with Crippen LogP contribution in [0.2, 0.25) is 0 Å². The van der Waals surface area contributed by atoms with Crippen LogP contribution < -0.4 is 0 Å². The van der Waals surface area contributed by atoms with Crippen LogP contribution in [-0.2, 0) is 6.54 Å². The second-order valence-electron chi connectivity index (χ2n) is 4.75. The van der Waals surface area contributed by atoms with Crippen molar-refractivity contribution in [2.24, 2.45) is 5.92 Å². The first-order chi connectivity index (χ1) is 7.34. The minimum Gasteiger partial charge on any atom is -0.289 e. The molecule has 1 heteroatoms. The fourth-order valence-corrected chi connectivity index (χ4v) is 2.91. The first-order valence-corrected chi connectivity index (χ1v) is 5.82. The number of hydrogen-bond donors (Lipinski definition) is 0. The molecule has 3 atom stereocenters. The highest BCUT2D eigenvalue weighted by atomic mass is 15.2. The number of benzene rings is 1. The maximum atomic E-state index is 2.62. The summed E-state index contributed by atoms with van der Waals surface area (Å²) in [6.45, 7) is 3.46. The van der Waals surface area contributed by atoms with Crippen LogP contribution in [0.1, 0.15) is 18.9 Å². The molecule has 2 bridgehead atoms. The van der Waals surface area contributed by atoms with Gasteiger partial charge in [0.25, 0.3) is 0 Å². The van der Waals surface area contributed by atoms with Crippen molar-refractivity contribution in [3.63, 3.8) is 0 Å². The number of nitrogens with zero attached hydrogens (tertiary/aromatic N) is 1. The molecule has 1 aromatic rings. The van der Waals surface area contributed by atoms with E-state index in [0.29, 0.717) is 6.04 Å². The molecule has 0 aromatic heterocycles. The van der Waals surface area contributed by atoms with Crippen LogP contribution in [0.25, 0.3) is 0 Å². The second-order valence-corrected chi connectivity index (χ2v) is 4.75. The number of rotatable bonds is 2. The predicted molar refractivity (Wildman–Crippen MR) is 62.5 cm³/mol. The highest BCUT2D eigenvalue weighted by Gasteiger charge is 2.39. The minimum absolute atomic E-state index is 0.699. The van der Waals surface area contributed by atoms with Gasteiger partial charge in [-0.2, -0.15) is 0 Å². The zero-order chi connectivity index (χ0) is 10.3.